The van der Waals surface area contributed by atoms with Crippen LogP contribution in [0.5, 0.6) is 0 Å². The lowest BCUT2D eigenvalue weighted by Crippen LogP contribution is -2.03. The van der Waals surface area contributed by atoms with E-state index in [1.54, 1.807) is 22.2 Å². The van der Waals surface area contributed by atoms with Crippen LogP contribution in [0.15, 0.2) is 72.2 Å². The summed E-state index contributed by atoms with van der Waals surface area (Å²) in [7, 11) is 0. The number of thiophene rings is 1. The van der Waals surface area contributed by atoms with Crippen molar-refractivity contribution in [3.63, 3.8) is 0 Å². The van der Waals surface area contributed by atoms with Crippen molar-refractivity contribution in [2.45, 2.75) is 6.92 Å². The molecule has 0 saturated carbocycles. The van der Waals surface area contributed by atoms with E-state index in [1.165, 1.54) is 0 Å². The van der Waals surface area contributed by atoms with Crippen molar-refractivity contribution in [1.82, 2.24) is 30.2 Å². The maximum Gasteiger partial charge on any atom is 0.190 e. The number of aromatic nitrogens is 6. The average molecular weight is 431 g/mol. The molecule has 30 heavy (non-hydrogen) atoms. The summed E-state index contributed by atoms with van der Waals surface area (Å²) >= 11 is 8.11. The molecule has 3 heterocycles. The molecule has 0 saturated heterocycles. The second kappa shape index (κ2) is 7.78. The fraction of sp³-hybridized carbons (Fsp3) is 0.0455. The van der Waals surface area contributed by atoms with Gasteiger partial charge in [0.15, 0.2) is 11.6 Å². The Kier molecular flexibility index (Phi) is 4.82. The van der Waals surface area contributed by atoms with Crippen LogP contribution in [0.25, 0.3) is 39.0 Å². The minimum absolute atomic E-state index is 0.548. The molecule has 0 aliphatic heterocycles. The maximum absolute atomic E-state index is 6.53. The molecular formula is C22H15ClN6S. The van der Waals surface area contributed by atoms with Gasteiger partial charge in [0, 0.05) is 16.8 Å². The fourth-order valence-corrected chi connectivity index (χ4v) is 4.03. The number of hydrogen-bond acceptors (Lipinski definition) is 6. The average Bonchev–Trinajstić information content (AvgIpc) is 3.47. The standard InChI is InChI=1S/C22H15ClN6S/c1-14-8-10-15(11-9-14)29-22(26-27-28-29)17-13-24-21(19-7-4-12-30-19)25-20(17)16-5-2-3-6-18(16)23/h2-13H,1H3. The van der Waals surface area contributed by atoms with E-state index in [4.69, 9.17) is 16.6 Å². The Hall–Kier alpha value is -3.42. The second-order valence-electron chi connectivity index (χ2n) is 6.66. The normalized spacial score (nSPS) is 11.0. The molecule has 0 bridgehead atoms. The van der Waals surface area contributed by atoms with E-state index >= 15 is 0 Å². The van der Waals surface area contributed by atoms with Crippen LogP contribution in [0, 0.1) is 6.92 Å². The molecule has 5 rings (SSSR count). The molecule has 2 aromatic carbocycles. The van der Waals surface area contributed by atoms with Crippen molar-refractivity contribution in [1.29, 1.82) is 0 Å². The van der Waals surface area contributed by atoms with Gasteiger partial charge in [-0.1, -0.05) is 53.6 Å². The predicted molar refractivity (Wildman–Crippen MR) is 119 cm³/mol. The largest absolute Gasteiger partial charge is 0.235 e. The molecular weight excluding hydrogens is 416 g/mol. The summed E-state index contributed by atoms with van der Waals surface area (Å²) in [4.78, 5) is 10.4. The minimum Gasteiger partial charge on any atom is -0.235 e. The molecule has 0 fully saturated rings. The Morgan fingerprint density at radius 1 is 0.933 bits per heavy atom. The lowest BCUT2D eigenvalue weighted by molar-refractivity contribution is 0.791. The van der Waals surface area contributed by atoms with Gasteiger partial charge in [-0.3, -0.25) is 0 Å². The molecule has 0 amide bonds. The Morgan fingerprint density at radius 3 is 2.53 bits per heavy atom. The van der Waals surface area contributed by atoms with Crippen molar-refractivity contribution in [3.8, 4) is 39.0 Å². The van der Waals surface area contributed by atoms with Crippen molar-refractivity contribution >= 4 is 22.9 Å². The van der Waals surface area contributed by atoms with E-state index in [-0.39, 0.29) is 0 Å². The van der Waals surface area contributed by atoms with Crippen LogP contribution in [0.2, 0.25) is 5.02 Å². The van der Waals surface area contributed by atoms with Crippen LogP contribution in [-0.4, -0.2) is 30.2 Å². The topological polar surface area (TPSA) is 69.4 Å². The predicted octanol–water partition coefficient (Wildman–Crippen LogP) is 5.48. The van der Waals surface area contributed by atoms with Crippen molar-refractivity contribution in [2.75, 3.05) is 0 Å². The Labute approximate surface area is 181 Å². The van der Waals surface area contributed by atoms with Crippen molar-refractivity contribution < 1.29 is 0 Å². The third-order valence-corrected chi connectivity index (χ3v) is 5.84. The van der Waals surface area contributed by atoms with E-state index in [0.717, 1.165) is 21.7 Å². The molecule has 0 aliphatic carbocycles. The van der Waals surface area contributed by atoms with Gasteiger partial charge < -0.3 is 0 Å². The highest BCUT2D eigenvalue weighted by Crippen LogP contribution is 2.35. The van der Waals surface area contributed by atoms with Gasteiger partial charge in [0.25, 0.3) is 0 Å². The smallest absolute Gasteiger partial charge is 0.190 e. The number of tetrazole rings is 1. The van der Waals surface area contributed by atoms with Gasteiger partial charge in [0.1, 0.15) is 0 Å². The number of rotatable bonds is 4. The van der Waals surface area contributed by atoms with Gasteiger partial charge in [0.05, 0.1) is 21.8 Å². The second-order valence-corrected chi connectivity index (χ2v) is 8.02. The number of halogens is 1. The number of hydrogen-bond donors (Lipinski definition) is 0. The first-order valence-electron chi connectivity index (χ1n) is 9.22. The molecule has 0 radical (unpaired) electrons. The van der Waals surface area contributed by atoms with Crippen LogP contribution in [0.1, 0.15) is 5.56 Å². The van der Waals surface area contributed by atoms with Crippen molar-refractivity contribution in [2.24, 2.45) is 0 Å². The van der Waals surface area contributed by atoms with Gasteiger partial charge in [-0.05, 0) is 47.0 Å². The summed E-state index contributed by atoms with van der Waals surface area (Å²) in [5, 5.41) is 15.0. The van der Waals surface area contributed by atoms with Gasteiger partial charge in [-0.25, -0.2) is 9.97 Å². The minimum atomic E-state index is 0.548. The van der Waals surface area contributed by atoms with Crippen LogP contribution >= 0.6 is 22.9 Å². The lowest BCUT2D eigenvalue weighted by atomic mass is 10.1. The lowest BCUT2D eigenvalue weighted by Gasteiger charge is -2.11. The molecule has 5 aromatic rings. The van der Waals surface area contributed by atoms with Crippen LogP contribution in [0.4, 0.5) is 0 Å². The first-order valence-corrected chi connectivity index (χ1v) is 10.5. The number of nitrogens with zero attached hydrogens (tertiary/aromatic N) is 6. The molecule has 6 nitrogen and oxygen atoms in total. The molecule has 146 valence electrons. The quantitative estimate of drug-likeness (QED) is 0.377. The third-order valence-electron chi connectivity index (χ3n) is 4.65. The number of benzene rings is 2. The summed E-state index contributed by atoms with van der Waals surface area (Å²) in [6.07, 6.45) is 1.76. The SMILES string of the molecule is Cc1ccc(-n2nnnc2-c2cnc(-c3cccs3)nc2-c2ccccc2Cl)cc1. The van der Waals surface area contributed by atoms with E-state index in [1.807, 2.05) is 73.0 Å². The summed E-state index contributed by atoms with van der Waals surface area (Å²) in [6.45, 7) is 2.04. The molecule has 3 aromatic heterocycles. The van der Waals surface area contributed by atoms with E-state index in [0.29, 0.717) is 27.9 Å². The number of aryl methyl sites for hydroxylation is 1. The molecule has 8 heteroatoms. The van der Waals surface area contributed by atoms with Gasteiger partial charge >= 0.3 is 0 Å². The van der Waals surface area contributed by atoms with Crippen LogP contribution < -0.4 is 0 Å². The molecule has 0 N–H and O–H groups in total. The fourth-order valence-electron chi connectivity index (χ4n) is 3.14. The summed E-state index contributed by atoms with van der Waals surface area (Å²) in [6, 6.07) is 19.6. The summed E-state index contributed by atoms with van der Waals surface area (Å²) in [5.74, 6) is 1.18. The van der Waals surface area contributed by atoms with Crippen LogP contribution in [0.3, 0.4) is 0 Å². The zero-order chi connectivity index (χ0) is 20.5. The highest BCUT2D eigenvalue weighted by Gasteiger charge is 2.20. The first kappa shape index (κ1) is 18.6. The third kappa shape index (κ3) is 3.38. The first-order chi connectivity index (χ1) is 14.7. The van der Waals surface area contributed by atoms with Gasteiger partial charge in [0.2, 0.25) is 0 Å². The molecule has 0 atom stereocenters. The van der Waals surface area contributed by atoms with Crippen LogP contribution in [-0.2, 0) is 0 Å². The van der Waals surface area contributed by atoms with E-state index in [2.05, 4.69) is 20.5 Å². The summed E-state index contributed by atoms with van der Waals surface area (Å²) < 4.78 is 1.68. The van der Waals surface area contributed by atoms with Gasteiger partial charge in [-0.2, -0.15) is 4.68 Å². The Morgan fingerprint density at radius 2 is 1.77 bits per heavy atom. The maximum atomic E-state index is 6.53. The summed E-state index contributed by atoms with van der Waals surface area (Å²) in [5.41, 5.74) is 4.20. The zero-order valence-corrected chi connectivity index (χ0v) is 17.5. The highest BCUT2D eigenvalue weighted by molar-refractivity contribution is 7.13. The Balaban J connectivity index is 1.73. The van der Waals surface area contributed by atoms with Gasteiger partial charge in [-0.15, -0.1) is 16.4 Å². The Bertz CT molecular complexity index is 1310. The molecule has 0 spiro atoms. The molecule has 0 unspecified atom stereocenters. The highest BCUT2D eigenvalue weighted by atomic mass is 35.5. The van der Waals surface area contributed by atoms with Crippen molar-refractivity contribution in [3.05, 3.63) is 82.8 Å². The van der Waals surface area contributed by atoms with E-state index < -0.39 is 0 Å². The molecule has 0 aliphatic rings. The zero-order valence-electron chi connectivity index (χ0n) is 15.9. The van der Waals surface area contributed by atoms with E-state index in [9.17, 15) is 0 Å². The monoisotopic (exact) mass is 430 g/mol.